The van der Waals surface area contributed by atoms with Gasteiger partial charge in [0.2, 0.25) is 5.95 Å². The zero-order valence-corrected chi connectivity index (χ0v) is 11.9. The van der Waals surface area contributed by atoms with Crippen LogP contribution in [0.4, 0.5) is 10.1 Å². The van der Waals surface area contributed by atoms with Crippen LogP contribution in [-0.2, 0) is 0 Å². The number of halogens is 1. The van der Waals surface area contributed by atoms with Crippen LogP contribution in [0.5, 0.6) is 5.75 Å². The van der Waals surface area contributed by atoms with Crippen molar-refractivity contribution in [3.8, 4) is 16.9 Å². The number of ether oxygens (including phenoxy) is 1. The maximum Gasteiger partial charge on any atom is 0.220 e. The number of hydrogen-bond donors (Lipinski definition) is 2. The Bertz CT molecular complexity index is 638. The Hall–Kier alpha value is -2.14. The molecule has 0 radical (unpaired) electrons. The first kappa shape index (κ1) is 13.8. The van der Waals surface area contributed by atoms with Crippen LogP contribution in [0.2, 0.25) is 0 Å². The number of pyridine rings is 1. The molecule has 1 aliphatic carbocycles. The van der Waals surface area contributed by atoms with Crippen molar-refractivity contribution in [3.05, 3.63) is 42.5 Å². The summed E-state index contributed by atoms with van der Waals surface area (Å²) in [6.45, 7) is 0.567. The minimum atomic E-state index is -0.512. The van der Waals surface area contributed by atoms with Gasteiger partial charge in [0.1, 0.15) is 12.4 Å². The smallest absolute Gasteiger partial charge is 0.220 e. The van der Waals surface area contributed by atoms with E-state index >= 15 is 0 Å². The van der Waals surface area contributed by atoms with Crippen LogP contribution in [0.25, 0.3) is 11.1 Å². The predicted octanol–water partition coefficient (Wildman–Crippen LogP) is 2.60. The molecule has 3 N–H and O–H groups in total. The number of likely N-dealkylation sites (N-methyl/N-ethyl adjacent to an activating group) is 1. The van der Waals surface area contributed by atoms with Crippen LogP contribution in [-0.4, -0.2) is 24.2 Å². The van der Waals surface area contributed by atoms with Crippen LogP contribution in [0, 0.1) is 5.95 Å². The second kappa shape index (κ2) is 5.33. The normalized spacial score (nSPS) is 15.7. The highest BCUT2D eigenvalue weighted by Gasteiger charge is 2.41. The molecular weight excluding hydrogens is 269 g/mol. The molecule has 1 fully saturated rings. The van der Waals surface area contributed by atoms with Gasteiger partial charge in [-0.25, -0.2) is 4.98 Å². The largest absolute Gasteiger partial charge is 0.490 e. The summed E-state index contributed by atoms with van der Waals surface area (Å²) in [5.74, 6) is 0.0617. The first-order chi connectivity index (χ1) is 10.1. The average Bonchev–Trinajstić information content (AvgIpc) is 3.28. The molecule has 5 heteroatoms. The molecule has 3 rings (SSSR count). The van der Waals surface area contributed by atoms with Gasteiger partial charge in [0.25, 0.3) is 0 Å². The minimum absolute atomic E-state index is 0.0791. The Morgan fingerprint density at radius 1 is 1.33 bits per heavy atom. The molecule has 0 unspecified atom stereocenters. The van der Waals surface area contributed by atoms with Crippen LogP contribution in [0.1, 0.15) is 12.8 Å². The van der Waals surface area contributed by atoms with Crippen molar-refractivity contribution in [1.82, 2.24) is 10.3 Å². The molecule has 0 spiro atoms. The van der Waals surface area contributed by atoms with Gasteiger partial charge < -0.3 is 15.8 Å². The van der Waals surface area contributed by atoms with Crippen LogP contribution < -0.4 is 15.8 Å². The highest BCUT2D eigenvalue weighted by Crippen LogP contribution is 2.35. The summed E-state index contributed by atoms with van der Waals surface area (Å²) in [6.07, 6.45) is 3.62. The molecule has 1 aliphatic rings. The fourth-order valence-corrected chi connectivity index (χ4v) is 2.21. The summed E-state index contributed by atoms with van der Waals surface area (Å²) in [5.41, 5.74) is 7.52. The standard InChI is InChI=1S/C16H18FN3O/c1-19-16(6-7-16)10-21-13-8-14(15(17)20-9-13)11-2-4-12(18)5-3-11/h2-5,8-9,19H,6-7,10,18H2,1H3. The number of nitrogen functional groups attached to an aromatic ring is 1. The highest BCUT2D eigenvalue weighted by atomic mass is 19.1. The van der Waals surface area contributed by atoms with Crippen molar-refractivity contribution in [2.24, 2.45) is 0 Å². The molecule has 0 amide bonds. The van der Waals surface area contributed by atoms with Crippen molar-refractivity contribution in [3.63, 3.8) is 0 Å². The molecule has 4 nitrogen and oxygen atoms in total. The number of benzene rings is 1. The molecule has 0 saturated heterocycles. The Morgan fingerprint density at radius 3 is 2.67 bits per heavy atom. The van der Waals surface area contributed by atoms with Crippen molar-refractivity contribution in [2.45, 2.75) is 18.4 Å². The number of nitrogens with two attached hydrogens (primary N) is 1. The van der Waals surface area contributed by atoms with E-state index in [0.717, 1.165) is 18.4 Å². The maximum absolute atomic E-state index is 13.9. The predicted molar refractivity (Wildman–Crippen MR) is 80.6 cm³/mol. The van der Waals surface area contributed by atoms with Gasteiger partial charge >= 0.3 is 0 Å². The summed E-state index contributed by atoms with van der Waals surface area (Å²) < 4.78 is 19.6. The molecule has 2 aromatic rings. The summed E-state index contributed by atoms with van der Waals surface area (Å²) >= 11 is 0. The maximum atomic E-state index is 13.9. The lowest BCUT2D eigenvalue weighted by Crippen LogP contribution is -2.33. The van der Waals surface area contributed by atoms with Crippen LogP contribution in [0.15, 0.2) is 36.5 Å². The van der Waals surface area contributed by atoms with Gasteiger partial charge in [-0.2, -0.15) is 4.39 Å². The first-order valence-corrected chi connectivity index (χ1v) is 6.95. The van der Waals surface area contributed by atoms with E-state index in [4.69, 9.17) is 10.5 Å². The van der Waals surface area contributed by atoms with Gasteiger partial charge in [-0.1, -0.05) is 12.1 Å². The fraction of sp³-hybridized carbons (Fsp3) is 0.312. The zero-order chi connectivity index (χ0) is 14.9. The summed E-state index contributed by atoms with van der Waals surface area (Å²) in [6, 6.07) is 8.70. The summed E-state index contributed by atoms with van der Waals surface area (Å²) in [7, 11) is 1.93. The number of rotatable bonds is 5. The van der Waals surface area contributed by atoms with Crippen molar-refractivity contribution in [1.29, 1.82) is 0 Å². The van der Waals surface area contributed by atoms with Crippen molar-refractivity contribution < 1.29 is 9.13 Å². The number of nitrogens with one attached hydrogen (secondary N) is 1. The third-order valence-corrected chi connectivity index (χ3v) is 3.93. The third-order valence-electron chi connectivity index (χ3n) is 3.93. The first-order valence-electron chi connectivity index (χ1n) is 6.95. The lowest BCUT2D eigenvalue weighted by molar-refractivity contribution is 0.258. The van der Waals surface area contributed by atoms with E-state index in [2.05, 4.69) is 10.3 Å². The summed E-state index contributed by atoms with van der Waals surface area (Å²) in [5, 5.41) is 3.25. The van der Waals surface area contributed by atoms with Gasteiger partial charge in [-0.15, -0.1) is 0 Å². The van der Waals surface area contributed by atoms with Crippen LogP contribution in [0.3, 0.4) is 0 Å². The molecule has 110 valence electrons. The number of anilines is 1. The molecule has 1 saturated carbocycles. The Labute approximate surface area is 123 Å². The molecular formula is C16H18FN3O. The molecule has 0 atom stereocenters. The lowest BCUT2D eigenvalue weighted by Gasteiger charge is -2.15. The van der Waals surface area contributed by atoms with Gasteiger partial charge in [0.15, 0.2) is 0 Å². The van der Waals surface area contributed by atoms with Gasteiger partial charge in [-0.3, -0.25) is 0 Å². The number of aromatic nitrogens is 1. The summed E-state index contributed by atoms with van der Waals surface area (Å²) in [4.78, 5) is 3.78. The Morgan fingerprint density at radius 2 is 2.05 bits per heavy atom. The van der Waals surface area contributed by atoms with E-state index in [9.17, 15) is 4.39 Å². The zero-order valence-electron chi connectivity index (χ0n) is 11.9. The van der Waals surface area contributed by atoms with Gasteiger partial charge in [-0.05, 0) is 43.7 Å². The highest BCUT2D eigenvalue weighted by molar-refractivity contribution is 5.66. The fourth-order valence-electron chi connectivity index (χ4n) is 2.21. The Balaban J connectivity index is 1.81. The molecule has 1 heterocycles. The van der Waals surface area contributed by atoms with E-state index in [0.29, 0.717) is 23.6 Å². The van der Waals surface area contributed by atoms with E-state index in [-0.39, 0.29) is 5.54 Å². The van der Waals surface area contributed by atoms with Gasteiger partial charge in [0.05, 0.1) is 11.7 Å². The molecule has 21 heavy (non-hydrogen) atoms. The van der Waals surface area contributed by atoms with Crippen LogP contribution >= 0.6 is 0 Å². The minimum Gasteiger partial charge on any atom is -0.490 e. The molecule has 1 aromatic heterocycles. The van der Waals surface area contributed by atoms with E-state index in [1.165, 1.54) is 6.20 Å². The monoisotopic (exact) mass is 287 g/mol. The lowest BCUT2D eigenvalue weighted by atomic mass is 10.1. The average molecular weight is 287 g/mol. The number of hydrogen-bond acceptors (Lipinski definition) is 4. The quantitative estimate of drug-likeness (QED) is 0.655. The molecule has 0 aliphatic heterocycles. The Kier molecular flexibility index (Phi) is 3.51. The van der Waals surface area contributed by atoms with Gasteiger partial charge in [0, 0.05) is 11.3 Å². The topological polar surface area (TPSA) is 60.2 Å². The van der Waals surface area contributed by atoms with Crippen molar-refractivity contribution >= 4 is 5.69 Å². The molecule has 1 aromatic carbocycles. The van der Waals surface area contributed by atoms with E-state index in [1.807, 2.05) is 7.05 Å². The SMILES string of the molecule is CNC1(COc2cnc(F)c(-c3ccc(N)cc3)c2)CC1. The molecule has 0 bridgehead atoms. The second-order valence-corrected chi connectivity index (χ2v) is 5.45. The van der Waals surface area contributed by atoms with E-state index in [1.54, 1.807) is 30.3 Å². The third kappa shape index (κ3) is 2.97. The second-order valence-electron chi connectivity index (χ2n) is 5.45. The van der Waals surface area contributed by atoms with E-state index < -0.39 is 5.95 Å². The van der Waals surface area contributed by atoms with Crippen molar-refractivity contribution in [2.75, 3.05) is 19.4 Å². The number of nitrogens with zero attached hydrogens (tertiary/aromatic N) is 1.